The fourth-order valence-corrected chi connectivity index (χ4v) is 2.37. The van der Waals surface area contributed by atoms with E-state index in [1.54, 1.807) is 27.7 Å². The van der Waals surface area contributed by atoms with Gasteiger partial charge in [-0.1, -0.05) is 30.3 Å². The highest BCUT2D eigenvalue weighted by atomic mass is 32.2. The molecular weight excluding hydrogens is 286 g/mol. The van der Waals surface area contributed by atoms with Crippen LogP contribution in [0.2, 0.25) is 0 Å². The normalized spacial score (nSPS) is 12.6. The van der Waals surface area contributed by atoms with Crippen molar-refractivity contribution in [3.8, 4) is 0 Å². The van der Waals surface area contributed by atoms with Crippen LogP contribution in [-0.2, 0) is 20.1 Å². The minimum Gasteiger partial charge on any atom is -0.458 e. The van der Waals surface area contributed by atoms with E-state index in [0.717, 1.165) is 5.75 Å². The van der Waals surface area contributed by atoms with Gasteiger partial charge in [-0.25, -0.2) is 4.79 Å². The predicted molar refractivity (Wildman–Crippen MR) is 86.1 cm³/mol. The highest BCUT2D eigenvalue weighted by Gasteiger charge is 2.22. The van der Waals surface area contributed by atoms with Crippen molar-refractivity contribution in [2.75, 3.05) is 5.75 Å². The lowest BCUT2D eigenvalue weighted by Crippen LogP contribution is -2.42. The summed E-state index contributed by atoms with van der Waals surface area (Å²) in [4.78, 5) is 23.5. The second-order valence-corrected chi connectivity index (χ2v) is 6.79. The number of amides is 1. The number of thioether (sulfide) groups is 1. The summed E-state index contributed by atoms with van der Waals surface area (Å²) in [5, 5.41) is 2.65. The van der Waals surface area contributed by atoms with Crippen LogP contribution in [0.5, 0.6) is 0 Å². The lowest BCUT2D eigenvalue weighted by atomic mass is 10.2. The molecule has 116 valence electrons. The number of esters is 1. The molecule has 0 bridgehead atoms. The molecule has 1 amide bonds. The van der Waals surface area contributed by atoms with Crippen LogP contribution in [0.4, 0.5) is 0 Å². The predicted octanol–water partition coefficient (Wildman–Crippen LogP) is 2.77. The van der Waals surface area contributed by atoms with E-state index in [2.05, 4.69) is 5.32 Å². The standard InChI is InChI=1S/C16H23NO3S/c1-12(15(19)20-16(2,3)4)17-14(18)11-21-10-13-8-6-5-7-9-13/h5-9,12H,10-11H2,1-4H3,(H,17,18)/t12-/m1/s1. The van der Waals surface area contributed by atoms with E-state index < -0.39 is 17.6 Å². The van der Waals surface area contributed by atoms with E-state index in [-0.39, 0.29) is 5.91 Å². The molecule has 0 aliphatic carbocycles. The largest absolute Gasteiger partial charge is 0.458 e. The molecule has 5 heteroatoms. The number of benzene rings is 1. The fourth-order valence-electron chi connectivity index (χ4n) is 1.57. The Morgan fingerprint density at radius 1 is 1.24 bits per heavy atom. The summed E-state index contributed by atoms with van der Waals surface area (Å²) in [6, 6.07) is 9.32. The first-order chi connectivity index (χ1) is 9.78. The molecule has 0 aromatic heterocycles. The summed E-state index contributed by atoms with van der Waals surface area (Å²) in [5.74, 6) is 0.523. The van der Waals surface area contributed by atoms with Crippen molar-refractivity contribution < 1.29 is 14.3 Å². The number of hydrogen-bond acceptors (Lipinski definition) is 4. The van der Waals surface area contributed by atoms with Gasteiger partial charge in [0.1, 0.15) is 11.6 Å². The fraction of sp³-hybridized carbons (Fsp3) is 0.500. The van der Waals surface area contributed by atoms with E-state index >= 15 is 0 Å². The summed E-state index contributed by atoms with van der Waals surface area (Å²) < 4.78 is 5.21. The molecule has 21 heavy (non-hydrogen) atoms. The molecule has 0 heterocycles. The van der Waals surface area contributed by atoms with E-state index in [1.165, 1.54) is 17.3 Å². The van der Waals surface area contributed by atoms with Crippen LogP contribution < -0.4 is 5.32 Å². The maximum absolute atomic E-state index is 11.8. The molecule has 0 saturated heterocycles. The second kappa shape index (κ2) is 8.08. The van der Waals surface area contributed by atoms with E-state index in [1.807, 2.05) is 30.3 Å². The van der Waals surface area contributed by atoms with Crippen LogP contribution in [0.25, 0.3) is 0 Å². The van der Waals surface area contributed by atoms with Gasteiger partial charge < -0.3 is 10.1 Å². The number of nitrogens with one attached hydrogen (secondary N) is 1. The number of carbonyl (C=O) groups excluding carboxylic acids is 2. The quantitative estimate of drug-likeness (QED) is 0.821. The smallest absolute Gasteiger partial charge is 0.328 e. The van der Waals surface area contributed by atoms with Crippen LogP contribution in [0.3, 0.4) is 0 Å². The monoisotopic (exact) mass is 309 g/mol. The first-order valence-corrected chi connectivity index (χ1v) is 8.07. The molecule has 0 aliphatic rings. The molecule has 0 unspecified atom stereocenters. The molecule has 0 spiro atoms. The van der Waals surface area contributed by atoms with E-state index in [9.17, 15) is 9.59 Å². The van der Waals surface area contributed by atoms with Crippen molar-refractivity contribution in [1.82, 2.24) is 5.32 Å². The van der Waals surface area contributed by atoms with E-state index in [4.69, 9.17) is 4.74 Å². The zero-order valence-corrected chi connectivity index (χ0v) is 13.8. The molecule has 0 aliphatic heterocycles. The Kier molecular flexibility index (Phi) is 6.75. The van der Waals surface area contributed by atoms with Crippen molar-refractivity contribution in [2.24, 2.45) is 0 Å². The van der Waals surface area contributed by atoms with Crippen LogP contribution in [0.15, 0.2) is 30.3 Å². The van der Waals surface area contributed by atoms with Crippen molar-refractivity contribution in [1.29, 1.82) is 0 Å². The highest BCUT2D eigenvalue weighted by Crippen LogP contribution is 2.12. The molecule has 1 atom stereocenters. The lowest BCUT2D eigenvalue weighted by molar-refractivity contribution is -0.157. The average Bonchev–Trinajstić information content (AvgIpc) is 2.37. The highest BCUT2D eigenvalue weighted by molar-refractivity contribution is 7.99. The van der Waals surface area contributed by atoms with Crippen LogP contribution in [-0.4, -0.2) is 29.3 Å². The number of carbonyl (C=O) groups is 2. The Hall–Kier alpha value is -1.49. The van der Waals surface area contributed by atoms with Crippen LogP contribution in [0.1, 0.15) is 33.3 Å². The maximum Gasteiger partial charge on any atom is 0.328 e. The maximum atomic E-state index is 11.8. The van der Waals surface area contributed by atoms with Gasteiger partial charge >= 0.3 is 5.97 Å². The van der Waals surface area contributed by atoms with Gasteiger partial charge in [-0.3, -0.25) is 4.79 Å². The molecule has 1 aromatic carbocycles. The van der Waals surface area contributed by atoms with Crippen molar-refractivity contribution in [3.63, 3.8) is 0 Å². The van der Waals surface area contributed by atoms with Gasteiger partial charge in [0.05, 0.1) is 5.75 Å². The van der Waals surface area contributed by atoms with Gasteiger partial charge in [-0.15, -0.1) is 11.8 Å². The Bertz CT molecular complexity index is 468. The molecule has 1 rings (SSSR count). The zero-order chi connectivity index (χ0) is 15.9. The minimum atomic E-state index is -0.631. The second-order valence-electron chi connectivity index (χ2n) is 5.80. The minimum absolute atomic E-state index is 0.158. The summed E-state index contributed by atoms with van der Waals surface area (Å²) >= 11 is 1.52. The van der Waals surface area contributed by atoms with Gasteiger partial charge in [-0.05, 0) is 33.3 Å². The summed E-state index contributed by atoms with van der Waals surface area (Å²) in [7, 11) is 0. The van der Waals surface area contributed by atoms with E-state index in [0.29, 0.717) is 5.75 Å². The number of ether oxygens (including phenoxy) is 1. The van der Waals surface area contributed by atoms with Gasteiger partial charge in [0, 0.05) is 5.75 Å². The topological polar surface area (TPSA) is 55.4 Å². The van der Waals surface area contributed by atoms with Gasteiger partial charge in [0.25, 0.3) is 0 Å². The Labute approximate surface area is 130 Å². The molecular formula is C16H23NO3S. The Morgan fingerprint density at radius 3 is 2.43 bits per heavy atom. The van der Waals surface area contributed by atoms with Crippen molar-refractivity contribution in [3.05, 3.63) is 35.9 Å². The summed E-state index contributed by atoms with van der Waals surface area (Å²) in [5.41, 5.74) is 0.633. The molecule has 0 radical (unpaired) electrons. The third kappa shape index (κ3) is 7.75. The summed E-state index contributed by atoms with van der Waals surface area (Å²) in [6.45, 7) is 7.04. The first kappa shape index (κ1) is 17.6. The number of rotatable bonds is 6. The van der Waals surface area contributed by atoms with Gasteiger partial charge in [0.2, 0.25) is 5.91 Å². The lowest BCUT2D eigenvalue weighted by Gasteiger charge is -2.22. The van der Waals surface area contributed by atoms with Gasteiger partial charge in [0.15, 0.2) is 0 Å². The summed E-state index contributed by atoms with van der Waals surface area (Å²) in [6.07, 6.45) is 0. The molecule has 4 nitrogen and oxygen atoms in total. The Morgan fingerprint density at radius 2 is 1.86 bits per heavy atom. The average molecular weight is 309 g/mol. The van der Waals surface area contributed by atoms with Crippen LogP contribution in [0, 0.1) is 0 Å². The first-order valence-electron chi connectivity index (χ1n) is 6.92. The third-order valence-electron chi connectivity index (χ3n) is 2.48. The SMILES string of the molecule is C[C@@H](NC(=O)CSCc1ccccc1)C(=O)OC(C)(C)C. The molecule has 0 saturated carbocycles. The Balaban J connectivity index is 2.28. The van der Waals surface area contributed by atoms with Gasteiger partial charge in [-0.2, -0.15) is 0 Å². The zero-order valence-electron chi connectivity index (χ0n) is 13.0. The van der Waals surface area contributed by atoms with Crippen LogP contribution >= 0.6 is 11.8 Å². The van der Waals surface area contributed by atoms with Crippen molar-refractivity contribution >= 4 is 23.6 Å². The number of hydrogen-bond donors (Lipinski definition) is 1. The third-order valence-corrected chi connectivity index (χ3v) is 3.49. The molecule has 0 fully saturated rings. The molecule has 1 aromatic rings. The molecule has 1 N–H and O–H groups in total. The van der Waals surface area contributed by atoms with Crippen molar-refractivity contribution in [2.45, 2.75) is 45.1 Å².